The molecule has 0 aliphatic carbocycles. The van der Waals surface area contributed by atoms with Gasteiger partial charge in [0.25, 0.3) is 0 Å². The third kappa shape index (κ3) is 4.14. The summed E-state index contributed by atoms with van der Waals surface area (Å²) in [6, 6.07) is 12.4. The topological polar surface area (TPSA) is 51.1 Å². The Hall–Kier alpha value is -2.79. The molecule has 5 heteroatoms. The van der Waals surface area contributed by atoms with Gasteiger partial charge in [-0.3, -0.25) is 14.9 Å². The molecule has 0 amide bonds. The van der Waals surface area contributed by atoms with E-state index in [9.17, 15) is 0 Å². The molecule has 0 saturated heterocycles. The van der Waals surface area contributed by atoms with Gasteiger partial charge in [-0.05, 0) is 43.3 Å². The second kappa shape index (κ2) is 7.66. The molecule has 0 fully saturated rings. The zero-order valence-electron chi connectivity index (χ0n) is 13.8. The standard InChI is InChI=1S/C19H20N4O/c1-15(17-4-3-9-20-12-17)23(2)14-16-5-7-18(8-6-16)24-19-13-21-10-11-22-19/h3-13,15H,14H2,1-2H3/t15-/m0/s1. The first-order chi connectivity index (χ1) is 11.7. The molecule has 24 heavy (non-hydrogen) atoms. The Labute approximate surface area is 142 Å². The monoisotopic (exact) mass is 320 g/mol. The van der Waals surface area contributed by atoms with Gasteiger partial charge in [0.05, 0.1) is 6.20 Å². The van der Waals surface area contributed by atoms with E-state index < -0.39 is 0 Å². The van der Waals surface area contributed by atoms with Gasteiger partial charge in [0.1, 0.15) is 5.75 Å². The lowest BCUT2D eigenvalue weighted by Crippen LogP contribution is -2.21. The van der Waals surface area contributed by atoms with Gasteiger partial charge in [-0.1, -0.05) is 18.2 Å². The van der Waals surface area contributed by atoms with Crippen LogP contribution in [0.1, 0.15) is 24.1 Å². The van der Waals surface area contributed by atoms with E-state index >= 15 is 0 Å². The molecule has 2 heterocycles. The van der Waals surface area contributed by atoms with Crippen LogP contribution in [0.15, 0.2) is 67.4 Å². The maximum atomic E-state index is 5.66. The van der Waals surface area contributed by atoms with Crippen LogP contribution in [0.3, 0.4) is 0 Å². The van der Waals surface area contributed by atoms with Crippen molar-refractivity contribution in [2.45, 2.75) is 19.5 Å². The molecule has 0 aliphatic rings. The fourth-order valence-electron chi connectivity index (χ4n) is 2.42. The van der Waals surface area contributed by atoms with Gasteiger partial charge in [0, 0.05) is 37.4 Å². The van der Waals surface area contributed by atoms with Crippen LogP contribution in [-0.2, 0) is 6.54 Å². The SMILES string of the molecule is C[C@@H](c1cccnc1)N(C)Cc1ccc(Oc2cnccn2)cc1. The minimum atomic E-state index is 0.300. The van der Waals surface area contributed by atoms with Crippen molar-refractivity contribution in [3.63, 3.8) is 0 Å². The van der Waals surface area contributed by atoms with Gasteiger partial charge >= 0.3 is 0 Å². The zero-order valence-corrected chi connectivity index (χ0v) is 13.8. The molecule has 0 unspecified atom stereocenters. The molecule has 0 bridgehead atoms. The normalized spacial score (nSPS) is 12.1. The van der Waals surface area contributed by atoms with E-state index in [-0.39, 0.29) is 0 Å². The number of rotatable bonds is 6. The van der Waals surface area contributed by atoms with Crippen LogP contribution >= 0.6 is 0 Å². The van der Waals surface area contributed by atoms with Crippen molar-refractivity contribution in [3.8, 4) is 11.6 Å². The molecule has 122 valence electrons. The van der Waals surface area contributed by atoms with Crippen LogP contribution in [0.2, 0.25) is 0 Å². The average Bonchev–Trinajstić information content (AvgIpc) is 2.64. The summed E-state index contributed by atoms with van der Waals surface area (Å²) in [6.45, 7) is 3.03. The number of pyridine rings is 1. The Morgan fingerprint density at radius 3 is 2.46 bits per heavy atom. The van der Waals surface area contributed by atoms with Crippen LogP contribution in [0.25, 0.3) is 0 Å². The lowest BCUT2D eigenvalue weighted by Gasteiger charge is -2.25. The molecule has 3 aromatic rings. The highest BCUT2D eigenvalue weighted by atomic mass is 16.5. The van der Waals surface area contributed by atoms with Crippen LogP contribution in [0.4, 0.5) is 0 Å². The summed E-state index contributed by atoms with van der Waals surface area (Å²) < 4.78 is 5.66. The number of nitrogens with zero attached hydrogens (tertiary/aromatic N) is 4. The molecule has 5 nitrogen and oxygen atoms in total. The summed E-state index contributed by atoms with van der Waals surface area (Å²) in [4.78, 5) is 14.6. The Morgan fingerprint density at radius 2 is 1.79 bits per heavy atom. The van der Waals surface area contributed by atoms with Crippen molar-refractivity contribution in [2.75, 3.05) is 7.05 Å². The molecule has 1 aromatic carbocycles. The van der Waals surface area contributed by atoms with E-state index in [0.29, 0.717) is 11.9 Å². The highest BCUT2D eigenvalue weighted by Gasteiger charge is 2.12. The summed E-state index contributed by atoms with van der Waals surface area (Å²) >= 11 is 0. The van der Waals surface area contributed by atoms with Crippen LogP contribution in [-0.4, -0.2) is 26.9 Å². The van der Waals surface area contributed by atoms with Crippen molar-refractivity contribution in [3.05, 3.63) is 78.5 Å². The van der Waals surface area contributed by atoms with Gasteiger partial charge in [0.15, 0.2) is 0 Å². The summed E-state index contributed by atoms with van der Waals surface area (Å²) in [5, 5.41) is 0. The van der Waals surface area contributed by atoms with Gasteiger partial charge in [-0.25, -0.2) is 4.98 Å². The molecule has 0 N–H and O–H groups in total. The van der Waals surface area contributed by atoms with Crippen molar-refractivity contribution in [1.82, 2.24) is 19.9 Å². The Bertz CT molecular complexity index is 747. The van der Waals surface area contributed by atoms with Crippen molar-refractivity contribution < 1.29 is 4.74 Å². The lowest BCUT2D eigenvalue weighted by atomic mass is 10.1. The summed E-state index contributed by atoms with van der Waals surface area (Å²) in [5.41, 5.74) is 2.43. The fraction of sp³-hybridized carbons (Fsp3) is 0.211. The minimum Gasteiger partial charge on any atom is -0.438 e. The highest BCUT2D eigenvalue weighted by molar-refractivity contribution is 5.30. The number of ether oxygens (including phenoxy) is 1. The third-order valence-corrected chi connectivity index (χ3v) is 3.95. The van der Waals surface area contributed by atoms with E-state index in [4.69, 9.17) is 4.74 Å². The van der Waals surface area contributed by atoms with Crippen molar-refractivity contribution in [2.24, 2.45) is 0 Å². The first-order valence-corrected chi connectivity index (χ1v) is 7.85. The van der Waals surface area contributed by atoms with E-state index in [2.05, 4.69) is 52.0 Å². The summed E-state index contributed by atoms with van der Waals surface area (Å²) in [5.74, 6) is 1.25. The molecule has 1 atom stereocenters. The molecule has 2 aromatic heterocycles. The highest BCUT2D eigenvalue weighted by Crippen LogP contribution is 2.22. The first-order valence-electron chi connectivity index (χ1n) is 7.85. The quantitative estimate of drug-likeness (QED) is 0.690. The van der Waals surface area contributed by atoms with Gasteiger partial charge < -0.3 is 4.74 Å². The second-order valence-corrected chi connectivity index (χ2v) is 5.67. The maximum Gasteiger partial charge on any atom is 0.237 e. The molecule has 0 radical (unpaired) electrons. The molecular formula is C19H20N4O. The fourth-order valence-corrected chi connectivity index (χ4v) is 2.42. The second-order valence-electron chi connectivity index (χ2n) is 5.67. The number of aromatic nitrogens is 3. The van der Waals surface area contributed by atoms with Crippen molar-refractivity contribution >= 4 is 0 Å². The molecular weight excluding hydrogens is 300 g/mol. The van der Waals surface area contributed by atoms with Crippen LogP contribution in [0, 0.1) is 0 Å². The lowest BCUT2D eigenvalue weighted by molar-refractivity contribution is 0.252. The van der Waals surface area contributed by atoms with Gasteiger partial charge in [-0.2, -0.15) is 0 Å². The first kappa shape index (κ1) is 16.1. The Morgan fingerprint density at radius 1 is 1.00 bits per heavy atom. The van der Waals surface area contributed by atoms with Gasteiger partial charge in [-0.15, -0.1) is 0 Å². The molecule has 3 rings (SSSR count). The molecule has 0 saturated carbocycles. The third-order valence-electron chi connectivity index (χ3n) is 3.95. The molecule has 0 spiro atoms. The minimum absolute atomic E-state index is 0.300. The predicted octanol–water partition coefficient (Wildman–Crippen LogP) is 3.86. The van der Waals surface area contributed by atoms with Gasteiger partial charge in [0.2, 0.25) is 5.88 Å². The molecule has 0 aliphatic heterocycles. The maximum absolute atomic E-state index is 5.66. The largest absolute Gasteiger partial charge is 0.438 e. The van der Waals surface area contributed by atoms with E-state index in [1.54, 1.807) is 24.8 Å². The number of benzene rings is 1. The average molecular weight is 320 g/mol. The summed E-state index contributed by atoms with van der Waals surface area (Å²) in [6.07, 6.45) is 8.54. The van der Waals surface area contributed by atoms with E-state index in [1.165, 1.54) is 11.1 Å². The smallest absolute Gasteiger partial charge is 0.237 e. The van der Waals surface area contributed by atoms with Crippen LogP contribution in [0.5, 0.6) is 11.6 Å². The van der Waals surface area contributed by atoms with E-state index in [1.807, 2.05) is 24.4 Å². The zero-order chi connectivity index (χ0) is 16.8. The number of hydrogen-bond donors (Lipinski definition) is 0. The number of hydrogen-bond acceptors (Lipinski definition) is 5. The summed E-state index contributed by atoms with van der Waals surface area (Å²) in [7, 11) is 2.11. The predicted molar refractivity (Wildman–Crippen MR) is 92.7 cm³/mol. The van der Waals surface area contributed by atoms with E-state index in [0.717, 1.165) is 12.3 Å². The Balaban J connectivity index is 1.61. The van der Waals surface area contributed by atoms with Crippen LogP contribution < -0.4 is 4.74 Å². The Kier molecular flexibility index (Phi) is 5.13. The van der Waals surface area contributed by atoms with Crippen molar-refractivity contribution in [1.29, 1.82) is 0 Å².